The fraction of sp³-hybridized carbons (Fsp3) is 0.308. The number of nitrogens with zero attached hydrogens (tertiary/aromatic N) is 5. The maximum Gasteiger partial charge on any atom is 0.273 e. The number of pyridine rings is 1. The van der Waals surface area contributed by atoms with Gasteiger partial charge in [0.25, 0.3) is 5.91 Å². The number of fused-ring (bicyclic) bond motifs is 1. The second kappa shape index (κ2) is 9.50. The first-order valence-corrected chi connectivity index (χ1v) is 11.5. The molecule has 33 heavy (non-hydrogen) atoms. The smallest absolute Gasteiger partial charge is 0.273 e. The number of hydrogen-bond donors (Lipinski definition) is 1. The highest BCUT2D eigenvalue weighted by atomic mass is 16.2. The second-order valence-electron chi connectivity index (χ2n) is 8.60. The number of likely N-dealkylation sites (tertiary alicyclic amines) is 1. The van der Waals surface area contributed by atoms with Crippen LogP contribution in [0, 0.1) is 6.92 Å². The van der Waals surface area contributed by atoms with Gasteiger partial charge in [-0.15, -0.1) is 5.10 Å². The van der Waals surface area contributed by atoms with Crippen LogP contribution in [0.5, 0.6) is 0 Å². The number of piperidine rings is 1. The molecular weight excluding hydrogens is 412 g/mol. The number of nitrogens with one attached hydrogen (secondary N) is 1. The van der Waals surface area contributed by atoms with Crippen LogP contribution in [0.4, 0.5) is 0 Å². The lowest BCUT2D eigenvalue weighted by Gasteiger charge is -2.35. The lowest BCUT2D eigenvalue weighted by molar-refractivity contribution is 0.0902. The number of rotatable bonds is 6. The van der Waals surface area contributed by atoms with E-state index >= 15 is 0 Å². The second-order valence-corrected chi connectivity index (χ2v) is 8.60. The number of carbonyl (C=O) groups excluding carboxylic acids is 1. The molecule has 1 fully saturated rings. The van der Waals surface area contributed by atoms with E-state index in [2.05, 4.69) is 49.8 Å². The molecule has 1 aliphatic heterocycles. The minimum Gasteiger partial charge on any atom is -0.349 e. The summed E-state index contributed by atoms with van der Waals surface area (Å²) in [5.74, 6) is -0.183. The normalized spacial score (nSPS) is 16.7. The average Bonchev–Trinajstić information content (AvgIpc) is 3.24. The molecule has 1 aliphatic rings. The van der Waals surface area contributed by atoms with Crippen LogP contribution >= 0.6 is 0 Å². The summed E-state index contributed by atoms with van der Waals surface area (Å²) in [6, 6.07) is 20.7. The summed E-state index contributed by atoms with van der Waals surface area (Å²) in [6.45, 7) is 4.44. The van der Waals surface area contributed by atoms with Crippen molar-refractivity contribution < 1.29 is 4.79 Å². The van der Waals surface area contributed by atoms with Crippen molar-refractivity contribution in [2.24, 2.45) is 0 Å². The molecule has 0 aliphatic carbocycles. The maximum atomic E-state index is 13.0. The molecule has 2 aromatic carbocycles. The van der Waals surface area contributed by atoms with Crippen LogP contribution in [0.2, 0.25) is 0 Å². The molecule has 168 valence electrons. The summed E-state index contributed by atoms with van der Waals surface area (Å²) in [5.41, 5.74) is 4.01. The molecule has 1 N–H and O–H groups in total. The lowest BCUT2D eigenvalue weighted by Crippen LogP contribution is -2.46. The quantitative estimate of drug-likeness (QED) is 0.492. The van der Waals surface area contributed by atoms with Crippen molar-refractivity contribution in [3.05, 3.63) is 83.8 Å². The van der Waals surface area contributed by atoms with Crippen molar-refractivity contribution in [3.63, 3.8) is 0 Å². The number of benzene rings is 2. The van der Waals surface area contributed by atoms with Gasteiger partial charge in [-0.05, 0) is 44.0 Å². The van der Waals surface area contributed by atoms with Crippen LogP contribution in [0.25, 0.3) is 16.6 Å². The van der Waals surface area contributed by atoms with Crippen LogP contribution in [-0.2, 0) is 6.54 Å². The summed E-state index contributed by atoms with van der Waals surface area (Å²) in [5, 5.41) is 12.6. The summed E-state index contributed by atoms with van der Waals surface area (Å²) in [7, 11) is 0. The molecule has 7 nitrogen and oxygen atoms in total. The Labute approximate surface area is 193 Å². The van der Waals surface area contributed by atoms with E-state index < -0.39 is 0 Å². The van der Waals surface area contributed by atoms with Gasteiger partial charge in [0, 0.05) is 30.7 Å². The minimum atomic E-state index is -0.183. The van der Waals surface area contributed by atoms with Gasteiger partial charge in [0.15, 0.2) is 5.69 Å². The Morgan fingerprint density at radius 3 is 2.79 bits per heavy atom. The van der Waals surface area contributed by atoms with Crippen molar-refractivity contribution in [1.82, 2.24) is 30.2 Å². The van der Waals surface area contributed by atoms with E-state index in [1.165, 1.54) is 18.4 Å². The first kappa shape index (κ1) is 21.3. The van der Waals surface area contributed by atoms with Crippen LogP contribution < -0.4 is 5.32 Å². The molecule has 1 amide bonds. The zero-order chi connectivity index (χ0) is 22.6. The predicted molar refractivity (Wildman–Crippen MR) is 128 cm³/mol. The van der Waals surface area contributed by atoms with Gasteiger partial charge < -0.3 is 5.32 Å². The van der Waals surface area contributed by atoms with Crippen LogP contribution in [0.3, 0.4) is 0 Å². The Morgan fingerprint density at radius 1 is 1.06 bits per heavy atom. The maximum absolute atomic E-state index is 13.0. The average molecular weight is 441 g/mol. The molecule has 1 atom stereocenters. The largest absolute Gasteiger partial charge is 0.349 e. The fourth-order valence-corrected chi connectivity index (χ4v) is 4.64. The van der Waals surface area contributed by atoms with E-state index in [-0.39, 0.29) is 5.91 Å². The summed E-state index contributed by atoms with van der Waals surface area (Å²) < 4.78 is 1.70. The van der Waals surface area contributed by atoms with Crippen LogP contribution in [0.1, 0.15) is 41.0 Å². The van der Waals surface area contributed by atoms with E-state index in [1.807, 2.05) is 43.3 Å². The van der Waals surface area contributed by atoms with Crippen molar-refractivity contribution in [3.8, 4) is 5.69 Å². The van der Waals surface area contributed by atoms with Crippen molar-refractivity contribution in [2.45, 2.75) is 38.8 Å². The highest BCUT2D eigenvalue weighted by molar-refractivity contribution is 5.93. The monoisotopic (exact) mass is 440 g/mol. The molecule has 0 radical (unpaired) electrons. The van der Waals surface area contributed by atoms with Crippen molar-refractivity contribution in [1.29, 1.82) is 0 Å². The molecule has 3 heterocycles. The number of aromatic nitrogens is 4. The van der Waals surface area contributed by atoms with Gasteiger partial charge in [0.05, 0.1) is 16.9 Å². The Kier molecular flexibility index (Phi) is 6.13. The third kappa shape index (κ3) is 4.50. The number of carbonyl (C=O) groups is 1. The van der Waals surface area contributed by atoms with Gasteiger partial charge in [0.1, 0.15) is 0 Å². The van der Waals surface area contributed by atoms with Gasteiger partial charge >= 0.3 is 0 Å². The number of amides is 1. The van der Waals surface area contributed by atoms with Crippen LogP contribution in [-0.4, -0.2) is 49.9 Å². The molecule has 5 rings (SSSR count). The molecule has 1 saturated heterocycles. The SMILES string of the molecule is Cc1c(C(=O)NCC2CCCCN2Cc2ccccc2)nnn1-c1cccc2cccnc12. The lowest BCUT2D eigenvalue weighted by atomic mass is 10.0. The third-order valence-electron chi connectivity index (χ3n) is 6.43. The molecule has 0 spiro atoms. The molecule has 2 aromatic heterocycles. The molecule has 0 saturated carbocycles. The van der Waals surface area contributed by atoms with Gasteiger partial charge in [-0.25, -0.2) is 4.68 Å². The highest BCUT2D eigenvalue weighted by Crippen LogP contribution is 2.22. The van der Waals surface area contributed by atoms with Gasteiger partial charge in [-0.2, -0.15) is 0 Å². The summed E-state index contributed by atoms with van der Waals surface area (Å²) >= 11 is 0. The molecular formula is C26H28N6O. The van der Waals surface area contributed by atoms with Crippen LogP contribution in [0.15, 0.2) is 66.9 Å². The first-order valence-electron chi connectivity index (χ1n) is 11.5. The Hall–Kier alpha value is -3.58. The Bertz CT molecular complexity index is 1250. The highest BCUT2D eigenvalue weighted by Gasteiger charge is 2.25. The van der Waals surface area contributed by atoms with E-state index in [0.717, 1.165) is 36.1 Å². The molecule has 0 bridgehead atoms. The first-order chi connectivity index (χ1) is 16.2. The van der Waals surface area contributed by atoms with E-state index in [4.69, 9.17) is 0 Å². The van der Waals surface area contributed by atoms with Gasteiger partial charge in [-0.3, -0.25) is 14.7 Å². The van der Waals surface area contributed by atoms with E-state index in [1.54, 1.807) is 10.9 Å². The van der Waals surface area contributed by atoms with Gasteiger partial charge in [-0.1, -0.05) is 60.2 Å². The minimum absolute atomic E-state index is 0.183. The van der Waals surface area contributed by atoms with Crippen molar-refractivity contribution >= 4 is 16.8 Å². The van der Waals surface area contributed by atoms with E-state index in [9.17, 15) is 4.79 Å². The van der Waals surface area contributed by atoms with Gasteiger partial charge in [0.2, 0.25) is 0 Å². The zero-order valence-electron chi connectivity index (χ0n) is 18.8. The molecule has 1 unspecified atom stereocenters. The number of hydrogen-bond acceptors (Lipinski definition) is 5. The summed E-state index contributed by atoms with van der Waals surface area (Å²) in [4.78, 5) is 20.0. The molecule has 7 heteroatoms. The standard InChI is InChI=1S/C26H28N6O/c1-19-24(29-30-32(19)23-14-7-11-21-12-8-15-27-25(21)23)26(33)28-17-22-13-5-6-16-31(22)18-20-9-3-2-4-10-20/h2-4,7-12,14-15,22H,5-6,13,16-18H2,1H3,(H,28,33). The summed E-state index contributed by atoms with van der Waals surface area (Å²) in [6.07, 6.45) is 5.23. The Morgan fingerprint density at radius 2 is 1.91 bits per heavy atom. The Balaban J connectivity index is 1.30. The van der Waals surface area contributed by atoms with E-state index in [0.29, 0.717) is 24.0 Å². The fourth-order valence-electron chi connectivity index (χ4n) is 4.64. The number of para-hydroxylation sites is 1. The van der Waals surface area contributed by atoms with Crippen molar-refractivity contribution in [2.75, 3.05) is 13.1 Å². The topological polar surface area (TPSA) is 75.9 Å². The molecule has 4 aromatic rings. The zero-order valence-corrected chi connectivity index (χ0v) is 18.8. The predicted octanol–water partition coefficient (Wildman–Crippen LogP) is 3.91. The third-order valence-corrected chi connectivity index (χ3v) is 6.43.